The van der Waals surface area contributed by atoms with Crippen molar-refractivity contribution in [3.8, 4) is 0 Å². The van der Waals surface area contributed by atoms with Crippen molar-refractivity contribution in [3.05, 3.63) is 0 Å². The van der Waals surface area contributed by atoms with Crippen LogP contribution in [0.2, 0.25) is 0 Å². The van der Waals surface area contributed by atoms with Gasteiger partial charge in [0.05, 0.1) is 6.10 Å². The number of aldehydes is 1. The van der Waals surface area contributed by atoms with Crippen LogP contribution < -0.4 is 5.73 Å². The highest BCUT2D eigenvalue weighted by Crippen LogP contribution is 2.26. The molecule has 0 heterocycles. The Morgan fingerprint density at radius 1 is 1.53 bits per heavy atom. The van der Waals surface area contributed by atoms with Crippen LogP contribution in [0.3, 0.4) is 0 Å². The summed E-state index contributed by atoms with van der Waals surface area (Å²) in [5.41, 5.74) is 4.03. The van der Waals surface area contributed by atoms with Gasteiger partial charge in [-0.2, -0.15) is 0 Å². The van der Waals surface area contributed by atoms with Gasteiger partial charge in [-0.3, -0.25) is 14.4 Å². The van der Waals surface area contributed by atoms with Gasteiger partial charge in [0, 0.05) is 5.41 Å². The molecule has 15 heavy (non-hydrogen) atoms. The van der Waals surface area contributed by atoms with E-state index in [9.17, 15) is 19.5 Å². The highest BCUT2D eigenvalue weighted by atomic mass is 127. The lowest BCUT2D eigenvalue weighted by molar-refractivity contribution is -0.137. The Balaban J connectivity index is 4.52. The second-order valence-electron chi connectivity index (χ2n) is 3.94. The first-order chi connectivity index (χ1) is 6.72. The summed E-state index contributed by atoms with van der Waals surface area (Å²) in [4.78, 5) is 32.2. The number of ketones is 1. The molecule has 0 aromatic rings. The molecule has 0 saturated carbocycles. The number of alkyl halides is 1. The van der Waals surface area contributed by atoms with Gasteiger partial charge in [-0.25, -0.2) is 0 Å². The van der Waals surface area contributed by atoms with Crippen molar-refractivity contribution in [2.45, 2.75) is 30.3 Å². The molecule has 0 aromatic carbocycles. The van der Waals surface area contributed by atoms with E-state index < -0.39 is 27.1 Å². The molecule has 0 aliphatic carbocycles. The third-order valence-electron chi connectivity index (χ3n) is 2.10. The average molecular weight is 327 g/mol. The Morgan fingerprint density at radius 2 is 2.00 bits per heavy atom. The first-order valence-electron chi connectivity index (χ1n) is 4.33. The topological polar surface area (TPSA) is 97.5 Å². The number of halogens is 1. The zero-order valence-electron chi connectivity index (χ0n) is 8.57. The number of nitrogens with two attached hydrogens (primary N) is 1. The molecule has 0 aliphatic heterocycles. The molecule has 0 aromatic heterocycles. The highest BCUT2D eigenvalue weighted by Gasteiger charge is 2.33. The molecule has 0 aliphatic rings. The molecule has 0 saturated heterocycles. The van der Waals surface area contributed by atoms with Crippen LogP contribution in [-0.2, 0) is 14.4 Å². The van der Waals surface area contributed by atoms with Crippen molar-refractivity contribution in [2.24, 2.45) is 11.1 Å². The summed E-state index contributed by atoms with van der Waals surface area (Å²) in [7, 11) is 0. The lowest BCUT2D eigenvalue weighted by atomic mass is 9.82. The van der Waals surface area contributed by atoms with Gasteiger partial charge >= 0.3 is 0 Å². The van der Waals surface area contributed by atoms with E-state index in [0.717, 1.165) is 0 Å². The number of aliphatic hydroxyl groups is 1. The van der Waals surface area contributed by atoms with Gasteiger partial charge in [-0.15, -0.1) is 0 Å². The van der Waals surface area contributed by atoms with Crippen LogP contribution in [0.15, 0.2) is 0 Å². The minimum Gasteiger partial charge on any atom is -0.391 e. The quantitative estimate of drug-likeness (QED) is 0.306. The maximum Gasteiger partial charge on any atom is 0.233 e. The number of hydrogen-bond donors (Lipinski definition) is 2. The van der Waals surface area contributed by atoms with E-state index in [4.69, 9.17) is 5.73 Å². The van der Waals surface area contributed by atoms with Crippen molar-refractivity contribution in [1.29, 1.82) is 0 Å². The van der Waals surface area contributed by atoms with Crippen LogP contribution >= 0.6 is 22.6 Å². The van der Waals surface area contributed by atoms with Crippen molar-refractivity contribution >= 4 is 40.6 Å². The number of carbonyl (C=O) groups is 3. The molecule has 6 heteroatoms. The summed E-state index contributed by atoms with van der Waals surface area (Å²) in [5, 5.41) is 9.59. The monoisotopic (exact) mass is 327 g/mol. The smallest absolute Gasteiger partial charge is 0.233 e. The lowest BCUT2D eigenvalue weighted by Crippen LogP contribution is -2.39. The van der Waals surface area contributed by atoms with Crippen molar-refractivity contribution in [3.63, 3.8) is 0 Å². The fourth-order valence-corrected chi connectivity index (χ4v) is 1.33. The van der Waals surface area contributed by atoms with Gasteiger partial charge in [0.25, 0.3) is 0 Å². The molecular weight excluding hydrogens is 313 g/mol. The summed E-state index contributed by atoms with van der Waals surface area (Å²) in [6.45, 7) is 3.08. The fraction of sp³-hybridized carbons (Fsp3) is 0.667. The second kappa shape index (κ2) is 5.55. The van der Waals surface area contributed by atoms with Crippen molar-refractivity contribution in [1.82, 2.24) is 0 Å². The summed E-state index contributed by atoms with van der Waals surface area (Å²) >= 11 is 1.71. The van der Waals surface area contributed by atoms with Crippen LogP contribution in [0.4, 0.5) is 0 Å². The predicted octanol–water partition coefficient (Wildman–Crippen LogP) is -0.180. The molecule has 1 amide bonds. The molecule has 0 bridgehead atoms. The average Bonchev–Trinajstić information content (AvgIpc) is 2.14. The van der Waals surface area contributed by atoms with Gasteiger partial charge < -0.3 is 10.8 Å². The predicted molar refractivity (Wildman–Crippen MR) is 62.5 cm³/mol. The van der Waals surface area contributed by atoms with E-state index in [1.165, 1.54) is 13.8 Å². The van der Waals surface area contributed by atoms with Crippen LogP contribution in [0.5, 0.6) is 0 Å². The van der Waals surface area contributed by atoms with E-state index in [1.54, 1.807) is 22.6 Å². The van der Waals surface area contributed by atoms with E-state index in [1.807, 2.05) is 0 Å². The number of hydrogen-bond acceptors (Lipinski definition) is 4. The normalized spacial score (nSPS) is 15.5. The third-order valence-corrected chi connectivity index (χ3v) is 3.55. The van der Waals surface area contributed by atoms with Gasteiger partial charge in [-0.05, 0) is 6.42 Å². The molecule has 2 unspecified atom stereocenters. The Bertz CT molecular complexity index is 277. The Labute approximate surface area is 102 Å². The maximum absolute atomic E-state index is 11.2. The highest BCUT2D eigenvalue weighted by molar-refractivity contribution is 14.1. The van der Waals surface area contributed by atoms with E-state index in [0.29, 0.717) is 0 Å². The number of Topliss-reactive ketones (excluding diaryl/α,β-unsaturated/α-hetero) is 1. The molecular formula is C9H14INO4. The Kier molecular flexibility index (Phi) is 5.36. The SMILES string of the molecule is CC(C)(CC(O)C(I)C(N)=O)C(=O)C=O. The Morgan fingerprint density at radius 3 is 2.33 bits per heavy atom. The molecule has 0 rings (SSSR count). The number of aliphatic hydroxyl groups excluding tert-OH is 1. The first-order valence-corrected chi connectivity index (χ1v) is 5.58. The van der Waals surface area contributed by atoms with E-state index >= 15 is 0 Å². The summed E-state index contributed by atoms with van der Waals surface area (Å²) < 4.78 is -0.763. The fourth-order valence-electron chi connectivity index (χ4n) is 1.08. The number of rotatable bonds is 6. The van der Waals surface area contributed by atoms with Crippen LogP contribution in [0, 0.1) is 5.41 Å². The number of carbonyl (C=O) groups excluding carboxylic acids is 3. The summed E-state index contributed by atoms with van der Waals surface area (Å²) in [6.07, 6.45) is -0.776. The van der Waals surface area contributed by atoms with Crippen LogP contribution in [-0.4, -0.2) is 33.1 Å². The van der Waals surface area contributed by atoms with Crippen LogP contribution in [0.25, 0.3) is 0 Å². The molecule has 0 fully saturated rings. The van der Waals surface area contributed by atoms with Crippen LogP contribution in [0.1, 0.15) is 20.3 Å². The summed E-state index contributed by atoms with van der Waals surface area (Å²) in [6, 6.07) is 0. The van der Waals surface area contributed by atoms with Gasteiger partial charge in [0.2, 0.25) is 11.7 Å². The minimum atomic E-state index is -1.03. The standard InChI is InChI=1S/C9H14INO4/c1-9(2,6(14)4-12)3-5(13)7(10)8(11)15/h4-5,7,13H,3H2,1-2H3,(H2,11,15). The molecule has 0 spiro atoms. The zero-order chi connectivity index (χ0) is 12.2. The molecule has 2 atom stereocenters. The second-order valence-corrected chi connectivity index (χ2v) is 5.28. The van der Waals surface area contributed by atoms with E-state index in [2.05, 4.69) is 0 Å². The lowest BCUT2D eigenvalue weighted by Gasteiger charge is -2.25. The Hall–Kier alpha value is -0.500. The van der Waals surface area contributed by atoms with Gasteiger partial charge in [0.15, 0.2) is 6.29 Å². The summed E-state index contributed by atoms with van der Waals surface area (Å²) in [5.74, 6) is -1.24. The van der Waals surface area contributed by atoms with Crippen molar-refractivity contribution < 1.29 is 19.5 Å². The number of amides is 1. The third kappa shape index (κ3) is 4.25. The largest absolute Gasteiger partial charge is 0.391 e. The van der Waals surface area contributed by atoms with Crippen molar-refractivity contribution in [2.75, 3.05) is 0 Å². The minimum absolute atomic E-state index is 0.0289. The molecule has 0 radical (unpaired) electrons. The zero-order valence-corrected chi connectivity index (χ0v) is 10.7. The van der Waals surface area contributed by atoms with Gasteiger partial charge in [0.1, 0.15) is 3.92 Å². The maximum atomic E-state index is 11.2. The number of primary amides is 1. The van der Waals surface area contributed by atoms with E-state index in [-0.39, 0.29) is 12.7 Å². The molecule has 86 valence electrons. The van der Waals surface area contributed by atoms with Gasteiger partial charge in [-0.1, -0.05) is 36.4 Å². The first kappa shape index (κ1) is 14.5. The molecule has 3 N–H and O–H groups in total. The molecule has 5 nitrogen and oxygen atoms in total.